The molecular formula is C12H14N4O2S. The molecule has 2 heterocycles. The number of nitrogens with zero attached hydrogens (tertiary/aromatic N) is 2. The summed E-state index contributed by atoms with van der Waals surface area (Å²) in [6.07, 6.45) is 2.51. The molecule has 1 unspecified atom stereocenters. The van der Waals surface area contributed by atoms with E-state index >= 15 is 0 Å². The standard InChI is InChI=1S/C12H14N4O2S/c17-8-4-7(5-8)10(9-2-1-3-19-9)15-12(18)11-13-6-14-16-11/h1-3,6-8,10,17H,4-5H2,(H,15,18)(H,13,14,16). The molecule has 2 aromatic heterocycles. The summed E-state index contributed by atoms with van der Waals surface area (Å²) in [7, 11) is 0. The molecule has 1 atom stereocenters. The number of thiophene rings is 1. The summed E-state index contributed by atoms with van der Waals surface area (Å²) in [5.41, 5.74) is 0. The number of carbonyl (C=O) groups excluding carboxylic acids is 1. The van der Waals surface area contributed by atoms with E-state index in [1.165, 1.54) is 6.33 Å². The Hall–Kier alpha value is -1.73. The average molecular weight is 278 g/mol. The molecule has 3 N–H and O–H groups in total. The normalized spacial score (nSPS) is 23.6. The van der Waals surface area contributed by atoms with Crippen LogP contribution in [-0.4, -0.2) is 32.3 Å². The first-order valence-corrected chi connectivity index (χ1v) is 6.99. The molecular weight excluding hydrogens is 264 g/mol. The van der Waals surface area contributed by atoms with E-state index in [0.29, 0.717) is 0 Å². The van der Waals surface area contributed by atoms with Crippen LogP contribution in [0.4, 0.5) is 0 Å². The zero-order valence-electron chi connectivity index (χ0n) is 10.1. The van der Waals surface area contributed by atoms with Crippen molar-refractivity contribution in [3.63, 3.8) is 0 Å². The third-order valence-corrected chi connectivity index (χ3v) is 4.34. The molecule has 100 valence electrons. The highest BCUT2D eigenvalue weighted by Crippen LogP contribution is 2.39. The fourth-order valence-corrected chi connectivity index (χ4v) is 3.19. The van der Waals surface area contributed by atoms with Crippen LogP contribution in [0, 0.1) is 5.92 Å². The summed E-state index contributed by atoms with van der Waals surface area (Å²) in [4.78, 5) is 17.0. The minimum absolute atomic E-state index is 0.0685. The molecule has 3 rings (SSSR count). The van der Waals surface area contributed by atoms with Gasteiger partial charge in [0.05, 0.1) is 12.1 Å². The molecule has 2 aromatic rings. The van der Waals surface area contributed by atoms with Gasteiger partial charge in [-0.2, -0.15) is 5.10 Å². The third-order valence-electron chi connectivity index (χ3n) is 3.39. The fourth-order valence-electron chi connectivity index (χ4n) is 2.32. The van der Waals surface area contributed by atoms with E-state index in [2.05, 4.69) is 20.5 Å². The van der Waals surface area contributed by atoms with Crippen molar-refractivity contribution in [2.75, 3.05) is 0 Å². The number of nitrogens with one attached hydrogen (secondary N) is 2. The van der Waals surface area contributed by atoms with Crippen LogP contribution in [0.1, 0.15) is 34.4 Å². The van der Waals surface area contributed by atoms with Crippen molar-refractivity contribution >= 4 is 17.2 Å². The molecule has 19 heavy (non-hydrogen) atoms. The Bertz CT molecular complexity index is 534. The van der Waals surface area contributed by atoms with E-state index in [4.69, 9.17) is 0 Å². The van der Waals surface area contributed by atoms with Gasteiger partial charge in [0.25, 0.3) is 5.91 Å². The number of hydrogen-bond donors (Lipinski definition) is 3. The molecule has 0 radical (unpaired) electrons. The highest BCUT2D eigenvalue weighted by atomic mass is 32.1. The second-order valence-corrected chi connectivity index (χ2v) is 5.67. The van der Waals surface area contributed by atoms with Crippen molar-refractivity contribution in [3.8, 4) is 0 Å². The molecule has 7 heteroatoms. The number of hydrogen-bond acceptors (Lipinski definition) is 5. The predicted octanol–water partition coefficient (Wildman–Crippen LogP) is 1.11. The molecule has 6 nitrogen and oxygen atoms in total. The van der Waals surface area contributed by atoms with Gasteiger partial charge in [0.15, 0.2) is 0 Å². The van der Waals surface area contributed by atoms with Crippen molar-refractivity contribution in [2.45, 2.75) is 25.0 Å². The van der Waals surface area contributed by atoms with Crippen LogP contribution in [0.3, 0.4) is 0 Å². The maximum Gasteiger partial charge on any atom is 0.289 e. The summed E-state index contributed by atoms with van der Waals surface area (Å²) in [5.74, 6) is 0.222. The summed E-state index contributed by atoms with van der Waals surface area (Å²) in [5, 5.41) is 20.6. The maximum atomic E-state index is 12.0. The van der Waals surface area contributed by atoms with Crippen LogP contribution in [-0.2, 0) is 0 Å². The van der Waals surface area contributed by atoms with Crippen LogP contribution in [0.25, 0.3) is 0 Å². The highest BCUT2D eigenvalue weighted by molar-refractivity contribution is 7.10. The van der Waals surface area contributed by atoms with E-state index in [-0.39, 0.29) is 29.8 Å². The van der Waals surface area contributed by atoms with Gasteiger partial charge in [-0.3, -0.25) is 9.89 Å². The smallest absolute Gasteiger partial charge is 0.289 e. The minimum Gasteiger partial charge on any atom is -0.393 e. The molecule has 1 amide bonds. The third kappa shape index (κ3) is 2.52. The summed E-state index contributed by atoms with van der Waals surface area (Å²) < 4.78 is 0. The van der Waals surface area contributed by atoms with Crippen molar-refractivity contribution in [2.24, 2.45) is 5.92 Å². The van der Waals surface area contributed by atoms with Gasteiger partial charge in [0.2, 0.25) is 5.82 Å². The van der Waals surface area contributed by atoms with Crippen molar-refractivity contribution in [3.05, 3.63) is 34.5 Å². The van der Waals surface area contributed by atoms with E-state index in [1.807, 2.05) is 17.5 Å². The van der Waals surface area contributed by atoms with Crippen molar-refractivity contribution < 1.29 is 9.90 Å². The van der Waals surface area contributed by atoms with Crippen LogP contribution in [0.2, 0.25) is 0 Å². The van der Waals surface area contributed by atoms with E-state index in [9.17, 15) is 9.90 Å². The number of rotatable bonds is 4. The SMILES string of the molecule is O=C(NC(c1cccs1)C1CC(O)C1)c1ncn[nH]1. The summed E-state index contributed by atoms with van der Waals surface area (Å²) >= 11 is 1.61. The van der Waals surface area contributed by atoms with Crippen molar-refractivity contribution in [1.82, 2.24) is 20.5 Å². The Balaban J connectivity index is 1.74. The van der Waals surface area contributed by atoms with Crippen LogP contribution in [0.5, 0.6) is 0 Å². The van der Waals surface area contributed by atoms with Gasteiger partial charge in [-0.15, -0.1) is 11.3 Å². The molecule has 0 bridgehead atoms. The second kappa shape index (κ2) is 5.10. The Labute approximate surface area is 113 Å². The average Bonchev–Trinajstić information content (AvgIpc) is 3.03. The van der Waals surface area contributed by atoms with Gasteiger partial charge in [0, 0.05) is 4.88 Å². The lowest BCUT2D eigenvalue weighted by Crippen LogP contribution is -2.41. The van der Waals surface area contributed by atoms with Crippen LogP contribution >= 0.6 is 11.3 Å². The van der Waals surface area contributed by atoms with E-state index in [0.717, 1.165) is 17.7 Å². The molecule has 1 aliphatic rings. The minimum atomic E-state index is -0.266. The highest BCUT2D eigenvalue weighted by Gasteiger charge is 2.36. The Morgan fingerprint density at radius 2 is 2.42 bits per heavy atom. The van der Waals surface area contributed by atoms with Crippen molar-refractivity contribution in [1.29, 1.82) is 0 Å². The lowest BCUT2D eigenvalue weighted by Gasteiger charge is -2.37. The van der Waals surface area contributed by atoms with Gasteiger partial charge in [-0.05, 0) is 30.2 Å². The first-order valence-electron chi connectivity index (χ1n) is 6.11. The van der Waals surface area contributed by atoms with E-state index < -0.39 is 0 Å². The molecule has 1 saturated carbocycles. The zero-order valence-corrected chi connectivity index (χ0v) is 10.9. The summed E-state index contributed by atoms with van der Waals surface area (Å²) in [6, 6.07) is 3.89. The second-order valence-electron chi connectivity index (χ2n) is 4.69. The van der Waals surface area contributed by atoms with Crippen LogP contribution in [0.15, 0.2) is 23.8 Å². The number of aromatic nitrogens is 3. The Morgan fingerprint density at radius 3 is 3.00 bits per heavy atom. The molecule has 0 aromatic carbocycles. The topological polar surface area (TPSA) is 90.9 Å². The van der Waals surface area contributed by atoms with Crippen LogP contribution < -0.4 is 5.32 Å². The number of aromatic amines is 1. The maximum absolute atomic E-state index is 12.0. The fraction of sp³-hybridized carbons (Fsp3) is 0.417. The van der Waals surface area contributed by atoms with Gasteiger partial charge in [-0.1, -0.05) is 6.07 Å². The molecule has 1 aliphatic carbocycles. The molecule has 1 fully saturated rings. The number of aliphatic hydroxyl groups is 1. The molecule has 0 saturated heterocycles. The Morgan fingerprint density at radius 1 is 1.58 bits per heavy atom. The van der Waals surface area contributed by atoms with Gasteiger partial charge >= 0.3 is 0 Å². The molecule has 0 aliphatic heterocycles. The first kappa shape index (κ1) is 12.3. The largest absolute Gasteiger partial charge is 0.393 e. The lowest BCUT2D eigenvalue weighted by atomic mass is 9.77. The zero-order chi connectivity index (χ0) is 13.2. The van der Waals surface area contributed by atoms with Gasteiger partial charge < -0.3 is 10.4 Å². The number of carbonyl (C=O) groups is 1. The number of H-pyrrole nitrogens is 1. The Kier molecular flexibility index (Phi) is 3.31. The summed E-state index contributed by atoms with van der Waals surface area (Å²) in [6.45, 7) is 0. The quantitative estimate of drug-likeness (QED) is 0.781. The monoisotopic (exact) mass is 278 g/mol. The first-order chi connectivity index (χ1) is 9.24. The van der Waals surface area contributed by atoms with Gasteiger partial charge in [0.1, 0.15) is 6.33 Å². The van der Waals surface area contributed by atoms with E-state index in [1.54, 1.807) is 11.3 Å². The predicted molar refractivity (Wildman–Crippen MR) is 69.6 cm³/mol. The molecule has 0 spiro atoms. The number of amides is 1. The number of aliphatic hydroxyl groups excluding tert-OH is 1. The lowest BCUT2D eigenvalue weighted by molar-refractivity contribution is 0.0240. The van der Waals surface area contributed by atoms with Gasteiger partial charge in [-0.25, -0.2) is 4.98 Å².